The summed E-state index contributed by atoms with van der Waals surface area (Å²) in [5.74, 6) is -1.39. The minimum Gasteiger partial charge on any atom is -0.368 e. The van der Waals surface area contributed by atoms with Crippen LogP contribution in [-0.4, -0.2) is 16.2 Å². The molecule has 0 radical (unpaired) electrons. The maximum atomic E-state index is 13.8. The van der Waals surface area contributed by atoms with Crippen molar-refractivity contribution in [1.29, 1.82) is 0 Å². The highest BCUT2D eigenvalue weighted by Gasteiger charge is 2.30. The molecule has 0 spiro atoms. The van der Waals surface area contributed by atoms with Crippen molar-refractivity contribution in [2.75, 3.05) is 6.61 Å². The van der Waals surface area contributed by atoms with Crippen LogP contribution in [0.1, 0.15) is 17.5 Å². The van der Waals surface area contributed by atoms with E-state index in [4.69, 9.17) is 4.74 Å². The van der Waals surface area contributed by atoms with Crippen LogP contribution in [0, 0.1) is 18.6 Å². The van der Waals surface area contributed by atoms with Crippen LogP contribution < -0.4 is 5.56 Å². The van der Waals surface area contributed by atoms with Crippen molar-refractivity contribution in [2.24, 2.45) is 0 Å². The Hall–Kier alpha value is -2.08. The summed E-state index contributed by atoms with van der Waals surface area (Å²) in [6.45, 7) is 1.95. The van der Waals surface area contributed by atoms with Gasteiger partial charge in [0.05, 0.1) is 12.2 Å². The van der Waals surface area contributed by atoms with Gasteiger partial charge < -0.3 is 4.74 Å². The Labute approximate surface area is 107 Å². The number of epoxide rings is 1. The first-order valence-electron chi connectivity index (χ1n) is 5.74. The fraction of sp³-hybridized carbons (Fsp3) is 0.231. The molecule has 3 rings (SSSR count). The molecule has 1 aromatic carbocycles. The third-order valence-corrected chi connectivity index (χ3v) is 3.01. The number of aromatic nitrogens is 2. The van der Waals surface area contributed by atoms with Gasteiger partial charge in [0, 0.05) is 6.20 Å². The topological polar surface area (TPSA) is 47.4 Å². The fourth-order valence-corrected chi connectivity index (χ4v) is 1.97. The molecule has 1 aliphatic rings. The first-order chi connectivity index (χ1) is 9.09. The summed E-state index contributed by atoms with van der Waals surface area (Å²) >= 11 is 0. The van der Waals surface area contributed by atoms with E-state index in [9.17, 15) is 13.6 Å². The number of ether oxygens (including phenoxy) is 1. The van der Waals surface area contributed by atoms with Crippen molar-refractivity contribution in [3.05, 3.63) is 57.8 Å². The molecule has 0 aliphatic carbocycles. The predicted octanol–water partition coefficient (Wildman–Crippen LogP) is 1.89. The molecule has 0 bridgehead atoms. The Kier molecular flexibility index (Phi) is 2.67. The second-order valence-electron chi connectivity index (χ2n) is 4.29. The van der Waals surface area contributed by atoms with Gasteiger partial charge in [0.1, 0.15) is 29.3 Å². The summed E-state index contributed by atoms with van der Waals surface area (Å²) < 4.78 is 33.5. The van der Waals surface area contributed by atoms with Crippen molar-refractivity contribution in [3.8, 4) is 5.69 Å². The quantitative estimate of drug-likeness (QED) is 0.778. The summed E-state index contributed by atoms with van der Waals surface area (Å²) in [5, 5.41) is 0. The Bertz CT molecular complexity index is 688. The minimum atomic E-state index is -0.805. The number of halogens is 2. The standard InChI is InChI=1S/C13H10F2N2O2/c1-7-16-5-8(11-6-19-11)13(18)17(7)12-9(14)3-2-4-10(12)15/h2-5,11H,6H2,1H3. The molecule has 6 heteroatoms. The van der Waals surface area contributed by atoms with E-state index < -0.39 is 22.9 Å². The lowest BCUT2D eigenvalue weighted by molar-refractivity contribution is 0.412. The number of rotatable bonds is 2. The number of hydrogen-bond donors (Lipinski definition) is 0. The Morgan fingerprint density at radius 2 is 2.00 bits per heavy atom. The van der Waals surface area contributed by atoms with Crippen LogP contribution in [0.4, 0.5) is 8.78 Å². The van der Waals surface area contributed by atoms with Crippen molar-refractivity contribution < 1.29 is 13.5 Å². The van der Waals surface area contributed by atoms with Crippen LogP contribution in [0.2, 0.25) is 0 Å². The maximum Gasteiger partial charge on any atom is 0.264 e. The number of aryl methyl sites for hydroxylation is 1. The van der Waals surface area contributed by atoms with E-state index in [2.05, 4.69) is 4.98 Å². The highest BCUT2D eigenvalue weighted by molar-refractivity contribution is 5.37. The highest BCUT2D eigenvalue weighted by atomic mass is 19.1. The molecule has 2 heterocycles. The third kappa shape index (κ3) is 1.94. The highest BCUT2D eigenvalue weighted by Crippen LogP contribution is 2.27. The molecule has 1 atom stereocenters. The second-order valence-corrected chi connectivity index (χ2v) is 4.29. The molecule has 1 aliphatic heterocycles. The van der Waals surface area contributed by atoms with Gasteiger partial charge in [-0.3, -0.25) is 9.36 Å². The lowest BCUT2D eigenvalue weighted by Gasteiger charge is -2.12. The first kappa shape index (κ1) is 12.0. The SMILES string of the molecule is Cc1ncc(C2CO2)c(=O)n1-c1c(F)cccc1F. The summed E-state index contributed by atoms with van der Waals surface area (Å²) in [5.41, 5.74) is -0.591. The Morgan fingerprint density at radius 1 is 1.37 bits per heavy atom. The van der Waals surface area contributed by atoms with Gasteiger partial charge in [-0.1, -0.05) is 6.07 Å². The molecular formula is C13H10F2N2O2. The van der Waals surface area contributed by atoms with Crippen molar-refractivity contribution in [3.63, 3.8) is 0 Å². The number of nitrogens with zero attached hydrogens (tertiary/aromatic N) is 2. The van der Waals surface area contributed by atoms with Gasteiger partial charge in [-0.05, 0) is 19.1 Å². The van der Waals surface area contributed by atoms with Crippen LogP contribution in [0.25, 0.3) is 5.69 Å². The summed E-state index contributed by atoms with van der Waals surface area (Å²) in [6.07, 6.45) is 1.08. The van der Waals surface area contributed by atoms with E-state index in [0.717, 1.165) is 16.7 Å². The number of hydrogen-bond acceptors (Lipinski definition) is 3. The van der Waals surface area contributed by atoms with Crippen LogP contribution >= 0.6 is 0 Å². The van der Waals surface area contributed by atoms with Gasteiger partial charge in [0.25, 0.3) is 5.56 Å². The summed E-state index contributed by atoms with van der Waals surface area (Å²) in [7, 11) is 0. The molecule has 0 saturated carbocycles. The van der Waals surface area contributed by atoms with Gasteiger partial charge in [0.15, 0.2) is 0 Å². The minimum absolute atomic E-state index is 0.221. The fourth-order valence-electron chi connectivity index (χ4n) is 1.97. The molecular weight excluding hydrogens is 254 g/mol. The maximum absolute atomic E-state index is 13.8. The lowest BCUT2D eigenvalue weighted by Crippen LogP contribution is -2.26. The second kappa shape index (κ2) is 4.24. The van der Waals surface area contributed by atoms with Crippen LogP contribution in [0.5, 0.6) is 0 Å². The van der Waals surface area contributed by atoms with Crippen molar-refractivity contribution in [2.45, 2.75) is 13.0 Å². The average molecular weight is 264 g/mol. The Morgan fingerprint density at radius 3 is 2.58 bits per heavy atom. The van der Waals surface area contributed by atoms with Crippen molar-refractivity contribution in [1.82, 2.24) is 9.55 Å². The molecule has 1 fully saturated rings. The van der Waals surface area contributed by atoms with Crippen LogP contribution in [0.3, 0.4) is 0 Å². The smallest absolute Gasteiger partial charge is 0.264 e. The average Bonchev–Trinajstić information content (AvgIpc) is 3.17. The molecule has 0 N–H and O–H groups in total. The van der Waals surface area contributed by atoms with E-state index in [1.54, 1.807) is 0 Å². The molecule has 1 aromatic heterocycles. The number of benzene rings is 1. The summed E-state index contributed by atoms with van der Waals surface area (Å²) in [6, 6.07) is 3.45. The predicted molar refractivity (Wildman–Crippen MR) is 63.2 cm³/mol. The number of para-hydroxylation sites is 1. The molecule has 0 amide bonds. The van der Waals surface area contributed by atoms with Crippen LogP contribution in [-0.2, 0) is 4.74 Å². The molecule has 19 heavy (non-hydrogen) atoms. The third-order valence-electron chi connectivity index (χ3n) is 3.01. The van der Waals surface area contributed by atoms with Gasteiger partial charge in [-0.15, -0.1) is 0 Å². The molecule has 1 saturated heterocycles. The molecule has 2 aromatic rings. The van der Waals surface area contributed by atoms with Crippen molar-refractivity contribution >= 4 is 0 Å². The molecule has 4 nitrogen and oxygen atoms in total. The summed E-state index contributed by atoms with van der Waals surface area (Å²) in [4.78, 5) is 16.3. The van der Waals surface area contributed by atoms with Gasteiger partial charge >= 0.3 is 0 Å². The monoisotopic (exact) mass is 264 g/mol. The van der Waals surface area contributed by atoms with E-state index in [1.807, 2.05) is 0 Å². The van der Waals surface area contributed by atoms with Crippen LogP contribution in [0.15, 0.2) is 29.2 Å². The van der Waals surface area contributed by atoms with E-state index in [-0.39, 0.29) is 11.9 Å². The van der Waals surface area contributed by atoms with Gasteiger partial charge in [0.2, 0.25) is 0 Å². The molecule has 1 unspecified atom stereocenters. The Balaban J connectivity index is 2.30. The largest absolute Gasteiger partial charge is 0.368 e. The lowest BCUT2D eigenvalue weighted by atomic mass is 10.2. The molecule has 98 valence electrons. The van der Waals surface area contributed by atoms with E-state index >= 15 is 0 Å². The van der Waals surface area contributed by atoms with E-state index in [1.165, 1.54) is 19.2 Å². The van der Waals surface area contributed by atoms with Gasteiger partial charge in [-0.2, -0.15) is 0 Å². The zero-order valence-electron chi connectivity index (χ0n) is 10.1. The first-order valence-corrected chi connectivity index (χ1v) is 5.74. The van der Waals surface area contributed by atoms with Gasteiger partial charge in [-0.25, -0.2) is 13.8 Å². The normalized spacial score (nSPS) is 17.5. The van der Waals surface area contributed by atoms with E-state index in [0.29, 0.717) is 12.2 Å². The zero-order valence-corrected chi connectivity index (χ0v) is 10.1. The zero-order chi connectivity index (χ0) is 13.6.